The van der Waals surface area contributed by atoms with Crippen molar-refractivity contribution in [2.75, 3.05) is 0 Å². The van der Waals surface area contributed by atoms with E-state index in [0.717, 1.165) is 23.8 Å². The van der Waals surface area contributed by atoms with Crippen LogP contribution in [0.1, 0.15) is 26.5 Å². The van der Waals surface area contributed by atoms with Gasteiger partial charge in [0, 0.05) is 6.20 Å². The summed E-state index contributed by atoms with van der Waals surface area (Å²) >= 11 is 0. The zero-order valence-corrected chi connectivity index (χ0v) is 11.3. The molecule has 1 aromatic heterocycles. The Morgan fingerprint density at radius 1 is 1.25 bits per heavy atom. The van der Waals surface area contributed by atoms with Gasteiger partial charge in [-0.1, -0.05) is 26.8 Å². The number of rotatable bonds is 6. The van der Waals surface area contributed by atoms with E-state index in [9.17, 15) is 0 Å². The molecule has 1 rings (SSSR count). The molecule has 0 saturated heterocycles. The van der Waals surface area contributed by atoms with Crippen LogP contribution in [0.25, 0.3) is 0 Å². The molecule has 1 heterocycles. The lowest BCUT2D eigenvalue weighted by Gasteiger charge is -2.23. The summed E-state index contributed by atoms with van der Waals surface area (Å²) in [5, 5.41) is 4.10. The highest BCUT2D eigenvalue weighted by atomic mass is 28.4. The predicted octanol–water partition coefficient (Wildman–Crippen LogP) is 3.44. The Hall–Kier alpha value is -1.16. The largest absolute Gasteiger partial charge is 0.455 e. The van der Waals surface area contributed by atoms with E-state index in [1.807, 2.05) is 18.2 Å². The normalized spacial score (nSPS) is 11.9. The fourth-order valence-electron chi connectivity index (χ4n) is 1.59. The van der Waals surface area contributed by atoms with Crippen LogP contribution in [-0.2, 0) is 4.53 Å². The first kappa shape index (κ1) is 12.9. The summed E-state index contributed by atoms with van der Waals surface area (Å²) in [6, 6.07) is 9.08. The van der Waals surface area contributed by atoms with Crippen LogP contribution in [0.15, 0.2) is 29.6 Å². The lowest BCUT2D eigenvalue weighted by atomic mass is 10.4. The van der Waals surface area contributed by atoms with Gasteiger partial charge in [0.1, 0.15) is 0 Å². The molecular formula is C12H20N2OSi. The maximum absolute atomic E-state index is 5.75. The second-order valence-electron chi connectivity index (χ2n) is 3.82. The van der Waals surface area contributed by atoms with E-state index in [4.69, 9.17) is 4.53 Å². The summed E-state index contributed by atoms with van der Waals surface area (Å²) in [6.07, 6.45) is 3.45. The van der Waals surface area contributed by atoms with Crippen molar-refractivity contribution < 1.29 is 4.53 Å². The third-order valence-electron chi connectivity index (χ3n) is 3.05. The Balaban J connectivity index is 2.59. The first-order chi connectivity index (χ1) is 7.76. The zero-order valence-electron chi connectivity index (χ0n) is 10.3. The van der Waals surface area contributed by atoms with Crippen LogP contribution in [0.2, 0.25) is 18.1 Å². The molecule has 0 radical (unpaired) electrons. The highest BCUT2D eigenvalue weighted by Gasteiger charge is 2.31. The zero-order chi connectivity index (χ0) is 11.9. The van der Waals surface area contributed by atoms with Crippen molar-refractivity contribution in [1.82, 2.24) is 4.98 Å². The van der Waals surface area contributed by atoms with Gasteiger partial charge >= 0.3 is 0 Å². The average Bonchev–Trinajstić information content (AvgIpc) is 2.37. The van der Waals surface area contributed by atoms with Gasteiger partial charge in [0.2, 0.25) is 0 Å². The quantitative estimate of drug-likeness (QED) is 0.431. The summed E-state index contributed by atoms with van der Waals surface area (Å²) < 4.78 is 5.75. The van der Waals surface area contributed by atoms with Gasteiger partial charge in [-0.2, -0.15) is 0 Å². The van der Waals surface area contributed by atoms with Crippen LogP contribution in [0.4, 0.5) is 0 Å². The number of oxime groups is 1. The fourth-order valence-corrected chi connectivity index (χ4v) is 3.75. The summed E-state index contributed by atoms with van der Waals surface area (Å²) in [4.78, 5) is 4.16. The van der Waals surface area contributed by atoms with Gasteiger partial charge in [0.15, 0.2) is 0 Å². The highest BCUT2D eigenvalue weighted by Crippen LogP contribution is 2.21. The smallest absolute Gasteiger partial charge is 0.286 e. The van der Waals surface area contributed by atoms with Crippen molar-refractivity contribution in [3.8, 4) is 0 Å². The van der Waals surface area contributed by atoms with Gasteiger partial charge in [-0.3, -0.25) is 4.98 Å². The molecule has 16 heavy (non-hydrogen) atoms. The monoisotopic (exact) mass is 236 g/mol. The first-order valence-electron chi connectivity index (χ1n) is 5.89. The minimum absolute atomic E-state index is 0.841. The molecule has 0 aromatic carbocycles. The fraction of sp³-hybridized carbons (Fsp3) is 0.500. The van der Waals surface area contributed by atoms with Crippen LogP contribution in [0.5, 0.6) is 0 Å². The molecule has 0 N–H and O–H groups in total. The van der Waals surface area contributed by atoms with Gasteiger partial charge < -0.3 is 4.53 Å². The highest BCUT2D eigenvalue weighted by molar-refractivity contribution is 6.73. The number of nitrogens with zero attached hydrogens (tertiary/aromatic N) is 2. The van der Waals surface area contributed by atoms with Crippen molar-refractivity contribution >= 4 is 14.5 Å². The van der Waals surface area contributed by atoms with E-state index < -0.39 is 8.32 Å². The predicted molar refractivity (Wildman–Crippen MR) is 70.1 cm³/mol. The van der Waals surface area contributed by atoms with Gasteiger partial charge in [-0.15, -0.1) is 5.16 Å². The second kappa shape index (κ2) is 6.43. The Labute approximate surface area is 98.7 Å². The van der Waals surface area contributed by atoms with Crippen molar-refractivity contribution in [3.63, 3.8) is 0 Å². The molecule has 1 aromatic rings. The molecule has 0 aliphatic heterocycles. The van der Waals surface area contributed by atoms with Gasteiger partial charge in [0.05, 0.1) is 11.9 Å². The molecule has 0 amide bonds. The van der Waals surface area contributed by atoms with E-state index in [0.29, 0.717) is 0 Å². The molecule has 0 spiro atoms. The first-order valence-corrected chi connectivity index (χ1v) is 8.42. The average molecular weight is 236 g/mol. The van der Waals surface area contributed by atoms with Crippen molar-refractivity contribution in [3.05, 3.63) is 30.1 Å². The van der Waals surface area contributed by atoms with Crippen LogP contribution in [0, 0.1) is 0 Å². The standard InChI is InChI=1S/C12H20N2OSi/c1-4-16(5-2,6-3)15-14-11-12-9-7-8-10-13-12/h7-11H,4-6H2,1-3H3/b14-11+. The summed E-state index contributed by atoms with van der Waals surface area (Å²) in [6.45, 7) is 6.57. The Morgan fingerprint density at radius 2 is 1.94 bits per heavy atom. The molecule has 0 aliphatic carbocycles. The lowest BCUT2D eigenvalue weighted by Crippen LogP contribution is -2.33. The van der Waals surface area contributed by atoms with Crippen LogP contribution in [-0.4, -0.2) is 19.5 Å². The lowest BCUT2D eigenvalue weighted by molar-refractivity contribution is 0.324. The Kier molecular flexibility index (Phi) is 5.18. The third kappa shape index (κ3) is 3.45. The van der Waals surface area contributed by atoms with Crippen LogP contribution < -0.4 is 0 Å². The second-order valence-corrected chi connectivity index (χ2v) is 8.49. The number of aromatic nitrogens is 1. The maximum atomic E-state index is 5.75. The summed E-state index contributed by atoms with van der Waals surface area (Å²) in [5.41, 5.74) is 0.841. The molecule has 3 nitrogen and oxygen atoms in total. The number of hydrogen-bond donors (Lipinski definition) is 0. The SMILES string of the molecule is CC[Si](CC)(CC)O/N=C/c1ccccn1. The molecule has 0 atom stereocenters. The topological polar surface area (TPSA) is 34.5 Å². The molecule has 0 bridgehead atoms. The summed E-state index contributed by atoms with van der Waals surface area (Å²) in [5.74, 6) is 0. The summed E-state index contributed by atoms with van der Waals surface area (Å²) in [7, 11) is -1.60. The van der Waals surface area contributed by atoms with Crippen LogP contribution in [0.3, 0.4) is 0 Å². The van der Waals surface area contributed by atoms with E-state index in [-0.39, 0.29) is 0 Å². The third-order valence-corrected chi connectivity index (χ3v) is 7.41. The molecule has 4 heteroatoms. The molecule has 0 aliphatic rings. The Morgan fingerprint density at radius 3 is 2.44 bits per heavy atom. The molecule has 0 saturated carbocycles. The van der Waals surface area contributed by atoms with Crippen molar-refractivity contribution in [1.29, 1.82) is 0 Å². The minimum Gasteiger partial charge on any atom is -0.455 e. The van der Waals surface area contributed by atoms with E-state index in [1.54, 1.807) is 12.4 Å². The molecular weight excluding hydrogens is 216 g/mol. The number of pyridine rings is 1. The molecule has 0 fully saturated rings. The van der Waals surface area contributed by atoms with Crippen LogP contribution >= 0.6 is 0 Å². The van der Waals surface area contributed by atoms with E-state index in [1.165, 1.54) is 0 Å². The van der Waals surface area contributed by atoms with Crippen molar-refractivity contribution in [2.45, 2.75) is 38.9 Å². The molecule has 0 unspecified atom stereocenters. The van der Waals surface area contributed by atoms with Gasteiger partial charge in [-0.25, -0.2) is 0 Å². The van der Waals surface area contributed by atoms with Crippen molar-refractivity contribution in [2.24, 2.45) is 5.16 Å². The number of hydrogen-bond acceptors (Lipinski definition) is 3. The van der Waals surface area contributed by atoms with E-state index in [2.05, 4.69) is 30.9 Å². The van der Waals surface area contributed by atoms with E-state index >= 15 is 0 Å². The van der Waals surface area contributed by atoms with Gasteiger partial charge in [-0.05, 0) is 30.3 Å². The maximum Gasteiger partial charge on any atom is 0.286 e. The Bertz CT molecular complexity index is 315. The van der Waals surface area contributed by atoms with Gasteiger partial charge in [0.25, 0.3) is 8.32 Å². The molecule has 88 valence electrons. The minimum atomic E-state index is -1.60.